The lowest BCUT2D eigenvalue weighted by Crippen LogP contribution is -2.33. The number of hydrogen-bond acceptors (Lipinski definition) is 5. The van der Waals surface area contributed by atoms with Crippen LogP contribution in [0.5, 0.6) is 0 Å². The summed E-state index contributed by atoms with van der Waals surface area (Å²) in [5.41, 5.74) is 2.52. The van der Waals surface area contributed by atoms with Crippen molar-refractivity contribution < 1.29 is 9.53 Å². The molecule has 1 heterocycles. The highest BCUT2D eigenvalue weighted by atomic mass is 35.5. The number of thioether (sulfide) groups is 1. The first-order valence-corrected chi connectivity index (χ1v) is 10.5. The molecule has 1 amide bonds. The van der Waals surface area contributed by atoms with E-state index in [-0.39, 0.29) is 18.1 Å². The minimum Gasteiger partial charge on any atom is -0.383 e. The summed E-state index contributed by atoms with van der Waals surface area (Å²) in [6.07, 6.45) is 0.274. The van der Waals surface area contributed by atoms with Crippen LogP contribution < -0.4 is 4.90 Å². The first kappa shape index (κ1) is 21.2. The lowest BCUT2D eigenvalue weighted by Gasteiger charge is -2.21. The highest BCUT2D eigenvalue weighted by Crippen LogP contribution is 2.27. The molecular weight excluding hydrogens is 408 g/mol. The van der Waals surface area contributed by atoms with Crippen LogP contribution in [0, 0.1) is 11.3 Å². The lowest BCUT2D eigenvalue weighted by molar-refractivity contribution is -0.116. The number of rotatable bonds is 9. The van der Waals surface area contributed by atoms with Crippen molar-refractivity contribution in [3.05, 3.63) is 53.6 Å². The molecule has 29 heavy (non-hydrogen) atoms. The maximum Gasteiger partial charge on any atom is 0.237 e. The van der Waals surface area contributed by atoms with Gasteiger partial charge in [-0.05, 0) is 30.3 Å². The minimum absolute atomic E-state index is 0.0696. The van der Waals surface area contributed by atoms with Crippen molar-refractivity contribution in [1.29, 1.82) is 5.26 Å². The van der Waals surface area contributed by atoms with Crippen LogP contribution in [-0.4, -0.2) is 41.5 Å². The highest BCUT2D eigenvalue weighted by Gasteiger charge is 2.18. The molecule has 0 radical (unpaired) electrons. The number of carbonyl (C=O) groups is 1. The van der Waals surface area contributed by atoms with E-state index in [1.807, 2.05) is 53.1 Å². The second kappa shape index (κ2) is 10.3. The van der Waals surface area contributed by atoms with E-state index in [0.717, 1.165) is 21.9 Å². The third kappa shape index (κ3) is 5.30. The maximum absolute atomic E-state index is 12.9. The number of fused-ring (bicyclic) bond motifs is 1. The first-order chi connectivity index (χ1) is 14.1. The van der Waals surface area contributed by atoms with Gasteiger partial charge in [0.1, 0.15) is 0 Å². The Kier molecular flexibility index (Phi) is 7.53. The third-order valence-electron chi connectivity index (χ3n) is 4.34. The summed E-state index contributed by atoms with van der Waals surface area (Å²) >= 11 is 7.47. The fraction of sp³-hybridized carbons (Fsp3) is 0.286. The normalized spacial score (nSPS) is 10.8. The Morgan fingerprint density at radius 1 is 1.31 bits per heavy atom. The van der Waals surface area contributed by atoms with E-state index in [4.69, 9.17) is 21.6 Å². The van der Waals surface area contributed by atoms with Crippen LogP contribution in [0.2, 0.25) is 5.02 Å². The number of imidazole rings is 1. The standard InChI is InChI=1S/C21H21ClN4O2S/c1-28-13-12-26-19-9-8-16(22)14-18(19)24-21(26)29-15-20(27)25(11-5-10-23)17-6-3-2-4-7-17/h2-4,6-9,14H,5,11-13,15H2,1H3. The van der Waals surface area contributed by atoms with Gasteiger partial charge >= 0.3 is 0 Å². The lowest BCUT2D eigenvalue weighted by atomic mass is 10.2. The molecule has 0 saturated carbocycles. The molecule has 1 aromatic heterocycles. The number of amides is 1. The summed E-state index contributed by atoms with van der Waals surface area (Å²) in [4.78, 5) is 19.2. The first-order valence-electron chi connectivity index (χ1n) is 9.14. The largest absolute Gasteiger partial charge is 0.383 e. The van der Waals surface area contributed by atoms with Gasteiger partial charge in [0.2, 0.25) is 5.91 Å². The number of nitrogens with zero attached hydrogens (tertiary/aromatic N) is 4. The molecule has 0 saturated heterocycles. The summed E-state index contributed by atoms with van der Waals surface area (Å²) in [6.45, 7) is 1.52. The van der Waals surface area contributed by atoms with Gasteiger partial charge in [-0.2, -0.15) is 5.26 Å². The van der Waals surface area contributed by atoms with E-state index < -0.39 is 0 Å². The predicted molar refractivity (Wildman–Crippen MR) is 116 cm³/mol. The molecule has 0 bridgehead atoms. The number of anilines is 1. The van der Waals surface area contributed by atoms with Crippen LogP contribution in [0.25, 0.3) is 11.0 Å². The van der Waals surface area contributed by atoms with E-state index in [0.29, 0.717) is 24.7 Å². The van der Waals surface area contributed by atoms with Gasteiger partial charge in [-0.25, -0.2) is 4.98 Å². The molecule has 8 heteroatoms. The van der Waals surface area contributed by atoms with Crippen LogP contribution >= 0.6 is 23.4 Å². The molecule has 0 atom stereocenters. The number of ether oxygens (including phenoxy) is 1. The molecule has 0 spiro atoms. The van der Waals surface area contributed by atoms with Crippen LogP contribution in [0.1, 0.15) is 6.42 Å². The Labute approximate surface area is 179 Å². The van der Waals surface area contributed by atoms with E-state index in [1.165, 1.54) is 11.8 Å². The zero-order valence-electron chi connectivity index (χ0n) is 16.0. The third-order valence-corrected chi connectivity index (χ3v) is 5.53. The predicted octanol–water partition coefficient (Wildman–Crippen LogP) is 4.38. The zero-order chi connectivity index (χ0) is 20.6. The smallest absolute Gasteiger partial charge is 0.237 e. The van der Waals surface area contributed by atoms with Crippen LogP contribution in [-0.2, 0) is 16.1 Å². The summed E-state index contributed by atoms with van der Waals surface area (Å²) < 4.78 is 7.26. The summed E-state index contributed by atoms with van der Waals surface area (Å²) in [7, 11) is 1.65. The molecule has 2 aromatic carbocycles. The van der Waals surface area contributed by atoms with Gasteiger partial charge in [0.05, 0.1) is 35.9 Å². The van der Waals surface area contributed by atoms with Crippen molar-refractivity contribution in [1.82, 2.24) is 9.55 Å². The molecule has 0 N–H and O–H groups in total. The van der Waals surface area contributed by atoms with Crippen molar-refractivity contribution in [2.75, 3.05) is 30.9 Å². The number of benzene rings is 2. The number of halogens is 1. The van der Waals surface area contributed by atoms with Gasteiger partial charge in [-0.1, -0.05) is 41.6 Å². The monoisotopic (exact) mass is 428 g/mol. The summed E-state index contributed by atoms with van der Waals surface area (Å²) in [6, 6.07) is 17.1. The van der Waals surface area contributed by atoms with E-state index in [2.05, 4.69) is 11.1 Å². The van der Waals surface area contributed by atoms with Crippen molar-refractivity contribution >= 4 is 46.0 Å². The maximum atomic E-state index is 12.9. The Morgan fingerprint density at radius 3 is 2.83 bits per heavy atom. The SMILES string of the molecule is COCCn1c(SCC(=O)N(CCC#N)c2ccccc2)nc2cc(Cl)ccc21. The molecule has 0 aliphatic rings. The van der Waals surface area contributed by atoms with E-state index >= 15 is 0 Å². The van der Waals surface area contributed by atoms with Gasteiger partial charge in [-0.3, -0.25) is 4.79 Å². The zero-order valence-corrected chi connectivity index (χ0v) is 17.6. The Hall–Kier alpha value is -2.53. The molecule has 3 rings (SSSR count). The molecule has 0 aliphatic carbocycles. The molecule has 150 valence electrons. The number of carbonyl (C=O) groups excluding carboxylic acids is 1. The highest BCUT2D eigenvalue weighted by molar-refractivity contribution is 7.99. The van der Waals surface area contributed by atoms with Gasteiger partial charge < -0.3 is 14.2 Å². The number of hydrogen-bond donors (Lipinski definition) is 0. The number of methoxy groups -OCH3 is 1. The number of para-hydroxylation sites is 1. The quantitative estimate of drug-likeness (QED) is 0.473. The van der Waals surface area contributed by atoms with Crippen molar-refractivity contribution in [2.45, 2.75) is 18.1 Å². The molecule has 0 aliphatic heterocycles. The molecule has 3 aromatic rings. The molecular formula is C21H21ClN4O2S. The topological polar surface area (TPSA) is 71.2 Å². The van der Waals surface area contributed by atoms with Crippen molar-refractivity contribution in [3.8, 4) is 6.07 Å². The van der Waals surface area contributed by atoms with Crippen molar-refractivity contribution in [2.24, 2.45) is 0 Å². The minimum atomic E-state index is -0.0696. The Bertz CT molecular complexity index is 1020. The van der Waals surface area contributed by atoms with Crippen LogP contribution in [0.4, 0.5) is 5.69 Å². The second-order valence-corrected chi connectivity index (χ2v) is 7.63. The summed E-state index contributed by atoms with van der Waals surface area (Å²) in [5, 5.41) is 10.3. The Balaban J connectivity index is 1.80. The molecule has 0 fully saturated rings. The molecule has 0 unspecified atom stereocenters. The van der Waals surface area contributed by atoms with Crippen molar-refractivity contribution in [3.63, 3.8) is 0 Å². The second-order valence-electron chi connectivity index (χ2n) is 6.25. The van der Waals surface area contributed by atoms with Crippen LogP contribution in [0.15, 0.2) is 53.7 Å². The molecule has 6 nitrogen and oxygen atoms in total. The number of aromatic nitrogens is 2. The van der Waals surface area contributed by atoms with Gasteiger partial charge in [0.15, 0.2) is 5.16 Å². The average Bonchev–Trinajstić information content (AvgIpc) is 3.08. The fourth-order valence-electron chi connectivity index (χ4n) is 2.96. The van der Waals surface area contributed by atoms with E-state index in [1.54, 1.807) is 12.0 Å². The average molecular weight is 429 g/mol. The fourth-order valence-corrected chi connectivity index (χ4v) is 4.04. The van der Waals surface area contributed by atoms with Crippen LogP contribution in [0.3, 0.4) is 0 Å². The van der Waals surface area contributed by atoms with Gasteiger partial charge in [0.25, 0.3) is 0 Å². The van der Waals surface area contributed by atoms with Gasteiger partial charge in [0, 0.05) is 30.9 Å². The van der Waals surface area contributed by atoms with Gasteiger partial charge in [-0.15, -0.1) is 0 Å². The summed E-state index contributed by atoms with van der Waals surface area (Å²) in [5.74, 6) is 0.143. The Morgan fingerprint density at radius 2 is 2.10 bits per heavy atom. The number of nitriles is 1. The van der Waals surface area contributed by atoms with E-state index in [9.17, 15) is 4.79 Å².